The molecular weight excluding hydrogens is 366 g/mol. The molecule has 8 nitrogen and oxygen atoms in total. The van der Waals surface area contributed by atoms with Gasteiger partial charge in [0.25, 0.3) is 0 Å². The minimum Gasteiger partial charge on any atom is -0.383 e. The Morgan fingerprint density at radius 3 is 2.56 bits per heavy atom. The number of nitrogens with zero attached hydrogens (tertiary/aromatic N) is 2. The number of sulfonamides is 1. The second kappa shape index (κ2) is 11.8. The van der Waals surface area contributed by atoms with Crippen LogP contribution in [0.4, 0.5) is 0 Å². The average Bonchev–Trinajstić information content (AvgIpc) is 2.59. The number of likely N-dealkylation sites (tertiary alicyclic amines) is 1. The van der Waals surface area contributed by atoms with E-state index >= 15 is 0 Å². The largest absolute Gasteiger partial charge is 0.383 e. The van der Waals surface area contributed by atoms with Gasteiger partial charge in [0.05, 0.1) is 18.9 Å². The molecule has 158 valence electrons. The third-order valence-electron chi connectivity index (χ3n) is 5.33. The normalized spacial score (nSPS) is 20.4. The summed E-state index contributed by atoms with van der Waals surface area (Å²) < 4.78 is 32.0. The Kier molecular flexibility index (Phi) is 9.81. The van der Waals surface area contributed by atoms with E-state index in [4.69, 9.17) is 4.74 Å². The van der Waals surface area contributed by atoms with E-state index in [-0.39, 0.29) is 12.3 Å². The van der Waals surface area contributed by atoms with Crippen LogP contribution in [0, 0.1) is 5.92 Å². The summed E-state index contributed by atoms with van der Waals surface area (Å²) in [7, 11) is -1.51. The maximum atomic E-state index is 12.1. The molecule has 1 saturated heterocycles. The van der Waals surface area contributed by atoms with Crippen LogP contribution in [0.5, 0.6) is 0 Å². The number of hydrogen-bond acceptors (Lipinski definition) is 5. The van der Waals surface area contributed by atoms with Gasteiger partial charge in [-0.2, -0.15) is 0 Å². The van der Waals surface area contributed by atoms with Gasteiger partial charge in [-0.25, -0.2) is 13.1 Å². The fourth-order valence-corrected chi connectivity index (χ4v) is 4.29. The topological polar surface area (TPSA) is 95.1 Å². The predicted octanol–water partition coefficient (Wildman–Crippen LogP) is 0.372. The Balaban J connectivity index is 1.71. The van der Waals surface area contributed by atoms with Crippen molar-refractivity contribution >= 4 is 16.0 Å². The van der Waals surface area contributed by atoms with E-state index in [2.05, 4.69) is 25.2 Å². The molecule has 1 aliphatic heterocycles. The Morgan fingerprint density at radius 2 is 1.96 bits per heavy atom. The summed E-state index contributed by atoms with van der Waals surface area (Å²) in [6.07, 6.45) is 5.60. The van der Waals surface area contributed by atoms with Gasteiger partial charge in [-0.1, -0.05) is 6.42 Å². The first-order valence-electron chi connectivity index (χ1n) is 10.3. The third kappa shape index (κ3) is 8.76. The minimum absolute atomic E-state index is 0.0335. The number of rotatable bonds is 11. The van der Waals surface area contributed by atoms with Crippen LogP contribution < -0.4 is 15.4 Å². The van der Waals surface area contributed by atoms with Crippen molar-refractivity contribution in [1.29, 1.82) is 0 Å². The van der Waals surface area contributed by atoms with Crippen molar-refractivity contribution in [1.82, 2.24) is 20.3 Å². The first-order valence-corrected chi connectivity index (χ1v) is 11.9. The van der Waals surface area contributed by atoms with Crippen LogP contribution in [0.15, 0.2) is 4.99 Å². The summed E-state index contributed by atoms with van der Waals surface area (Å²) in [5, 5.41) is 6.67. The van der Waals surface area contributed by atoms with Crippen molar-refractivity contribution in [3.63, 3.8) is 0 Å². The molecule has 2 fully saturated rings. The highest BCUT2D eigenvalue weighted by molar-refractivity contribution is 7.89. The van der Waals surface area contributed by atoms with Crippen molar-refractivity contribution in [2.45, 2.75) is 45.1 Å². The zero-order valence-electron chi connectivity index (χ0n) is 16.9. The van der Waals surface area contributed by atoms with Crippen LogP contribution >= 0.6 is 0 Å². The maximum absolute atomic E-state index is 12.1. The molecule has 0 aromatic heterocycles. The lowest BCUT2D eigenvalue weighted by Crippen LogP contribution is -2.49. The molecular formula is C18H37N5O3S. The molecule has 0 amide bonds. The van der Waals surface area contributed by atoms with Gasteiger partial charge in [0.1, 0.15) is 0 Å². The number of ether oxygens (including phenoxy) is 1. The van der Waals surface area contributed by atoms with Crippen molar-refractivity contribution in [2.75, 3.05) is 58.7 Å². The highest BCUT2D eigenvalue weighted by Crippen LogP contribution is 2.25. The fraction of sp³-hybridized carbons (Fsp3) is 0.944. The van der Waals surface area contributed by atoms with E-state index < -0.39 is 10.0 Å². The average molecular weight is 404 g/mol. The molecule has 3 N–H and O–H groups in total. The second-order valence-corrected chi connectivity index (χ2v) is 9.40. The predicted molar refractivity (Wildman–Crippen MR) is 110 cm³/mol. The van der Waals surface area contributed by atoms with E-state index in [1.165, 1.54) is 6.42 Å². The molecule has 0 radical (unpaired) electrons. The zero-order valence-corrected chi connectivity index (χ0v) is 17.7. The van der Waals surface area contributed by atoms with Crippen molar-refractivity contribution in [2.24, 2.45) is 10.9 Å². The summed E-state index contributed by atoms with van der Waals surface area (Å²) in [5.41, 5.74) is 0. The number of piperidine rings is 1. The molecule has 0 spiro atoms. The first kappa shape index (κ1) is 22.4. The quantitative estimate of drug-likeness (QED) is 0.341. The molecule has 2 aliphatic rings. The van der Waals surface area contributed by atoms with Gasteiger partial charge in [0.15, 0.2) is 5.96 Å². The zero-order chi connectivity index (χ0) is 19.5. The smallest absolute Gasteiger partial charge is 0.213 e. The Hall–Kier alpha value is -0.900. The fourth-order valence-electron chi connectivity index (χ4n) is 3.33. The molecule has 2 rings (SSSR count). The molecule has 1 saturated carbocycles. The molecule has 1 heterocycles. The van der Waals surface area contributed by atoms with Crippen molar-refractivity contribution in [3.8, 4) is 0 Å². The summed E-state index contributed by atoms with van der Waals surface area (Å²) in [6, 6.07) is 0.370. The molecule has 27 heavy (non-hydrogen) atoms. The van der Waals surface area contributed by atoms with Crippen LogP contribution in [0.2, 0.25) is 0 Å². The molecule has 0 aromatic rings. The van der Waals surface area contributed by atoms with Gasteiger partial charge < -0.3 is 20.3 Å². The van der Waals surface area contributed by atoms with Gasteiger partial charge in [-0.05, 0) is 38.5 Å². The lowest BCUT2D eigenvalue weighted by molar-refractivity contribution is 0.128. The van der Waals surface area contributed by atoms with Crippen molar-refractivity contribution < 1.29 is 13.2 Å². The second-order valence-electron chi connectivity index (χ2n) is 7.48. The number of methoxy groups -OCH3 is 1. The van der Waals surface area contributed by atoms with Crippen LogP contribution in [0.25, 0.3) is 0 Å². The van der Waals surface area contributed by atoms with Crippen LogP contribution in [-0.4, -0.2) is 84.1 Å². The lowest BCUT2D eigenvalue weighted by Gasteiger charge is -2.32. The number of nitrogens with one attached hydrogen (secondary N) is 3. The SMILES string of the molecule is CCNC(=NCCS(=O)(=O)NCC1CCC1)NC1CCN(CCOC)CC1. The monoisotopic (exact) mass is 403 g/mol. The molecule has 0 atom stereocenters. The lowest BCUT2D eigenvalue weighted by atomic mass is 9.86. The van der Waals surface area contributed by atoms with Crippen LogP contribution in [0.1, 0.15) is 39.0 Å². The van der Waals surface area contributed by atoms with Gasteiger partial charge in [0, 0.05) is 45.9 Å². The van der Waals surface area contributed by atoms with E-state index in [0.717, 1.165) is 58.5 Å². The Morgan fingerprint density at radius 1 is 1.22 bits per heavy atom. The molecule has 9 heteroatoms. The minimum atomic E-state index is -3.24. The Labute approximate surface area is 164 Å². The maximum Gasteiger partial charge on any atom is 0.213 e. The number of guanidine groups is 1. The van der Waals surface area contributed by atoms with Crippen LogP contribution in [0.3, 0.4) is 0 Å². The molecule has 1 aliphatic carbocycles. The van der Waals surface area contributed by atoms with Gasteiger partial charge in [0.2, 0.25) is 10.0 Å². The number of aliphatic imine (C=N–C) groups is 1. The molecule has 0 aromatic carbocycles. The van der Waals surface area contributed by atoms with E-state index in [1.54, 1.807) is 7.11 Å². The molecule has 0 bridgehead atoms. The third-order valence-corrected chi connectivity index (χ3v) is 6.66. The van der Waals surface area contributed by atoms with Crippen LogP contribution in [-0.2, 0) is 14.8 Å². The van der Waals surface area contributed by atoms with Gasteiger partial charge >= 0.3 is 0 Å². The summed E-state index contributed by atoms with van der Waals surface area (Å²) >= 11 is 0. The van der Waals surface area contributed by atoms with Crippen molar-refractivity contribution in [3.05, 3.63) is 0 Å². The van der Waals surface area contributed by atoms with E-state index in [1.807, 2.05) is 6.92 Å². The molecule has 0 unspecified atom stereocenters. The summed E-state index contributed by atoms with van der Waals surface area (Å²) in [6.45, 7) is 7.44. The van der Waals surface area contributed by atoms with E-state index in [9.17, 15) is 8.42 Å². The Bertz CT molecular complexity index is 543. The highest BCUT2D eigenvalue weighted by Gasteiger charge is 2.21. The van der Waals surface area contributed by atoms with Gasteiger partial charge in [-0.15, -0.1) is 0 Å². The summed E-state index contributed by atoms with van der Waals surface area (Å²) in [4.78, 5) is 6.87. The highest BCUT2D eigenvalue weighted by atomic mass is 32.2. The first-order chi connectivity index (χ1) is 13.0. The number of hydrogen-bond donors (Lipinski definition) is 3. The standard InChI is InChI=1S/C18H37N5O3S/c1-3-19-18(22-17-7-10-23(11-8-17)12-13-26-2)20-9-14-27(24,25)21-15-16-5-4-6-16/h16-17,21H,3-15H2,1-2H3,(H2,19,20,22). The van der Waals surface area contributed by atoms with E-state index in [0.29, 0.717) is 24.5 Å². The van der Waals surface area contributed by atoms with Gasteiger partial charge in [-0.3, -0.25) is 4.99 Å². The summed E-state index contributed by atoms with van der Waals surface area (Å²) in [5.74, 6) is 1.27.